The lowest BCUT2D eigenvalue weighted by molar-refractivity contribution is 0.0785. The van der Waals surface area contributed by atoms with Crippen LogP contribution in [0.5, 0.6) is 5.75 Å². The molecule has 0 fully saturated rings. The number of sulfonamides is 1. The predicted octanol–water partition coefficient (Wildman–Crippen LogP) is 4.16. The monoisotopic (exact) mass is 424 g/mol. The van der Waals surface area contributed by atoms with Crippen molar-refractivity contribution in [2.75, 3.05) is 18.4 Å². The number of ether oxygens (including phenoxy) is 1. The molecule has 1 amide bonds. The van der Waals surface area contributed by atoms with Gasteiger partial charge in [-0.3, -0.25) is 9.52 Å². The van der Waals surface area contributed by atoms with Crippen LogP contribution in [0.15, 0.2) is 83.8 Å². The van der Waals surface area contributed by atoms with E-state index in [1.165, 1.54) is 18.2 Å². The summed E-state index contributed by atoms with van der Waals surface area (Å²) in [5, 5.41) is 0. The molecule has 0 bridgehead atoms. The summed E-state index contributed by atoms with van der Waals surface area (Å²) in [6.07, 6.45) is 0. The molecule has 3 aromatic rings. The van der Waals surface area contributed by atoms with E-state index in [1.54, 1.807) is 48.3 Å². The van der Waals surface area contributed by atoms with Crippen LogP contribution in [-0.2, 0) is 16.6 Å². The highest BCUT2D eigenvalue weighted by atomic mass is 32.2. The van der Waals surface area contributed by atoms with E-state index < -0.39 is 10.0 Å². The van der Waals surface area contributed by atoms with Crippen molar-refractivity contribution in [3.8, 4) is 5.75 Å². The highest BCUT2D eigenvalue weighted by molar-refractivity contribution is 7.92. The molecule has 0 aliphatic carbocycles. The van der Waals surface area contributed by atoms with Crippen molar-refractivity contribution in [2.45, 2.75) is 18.4 Å². The first kappa shape index (κ1) is 21.4. The number of rotatable bonds is 8. The molecule has 0 spiro atoms. The van der Waals surface area contributed by atoms with Crippen LogP contribution in [0.3, 0.4) is 0 Å². The molecule has 0 aromatic heterocycles. The largest absolute Gasteiger partial charge is 0.494 e. The van der Waals surface area contributed by atoms with Crippen LogP contribution in [-0.4, -0.2) is 32.9 Å². The van der Waals surface area contributed by atoms with Gasteiger partial charge in [0.2, 0.25) is 0 Å². The zero-order valence-corrected chi connectivity index (χ0v) is 17.7. The molecule has 0 atom stereocenters. The normalized spacial score (nSPS) is 11.0. The van der Waals surface area contributed by atoms with Gasteiger partial charge in [-0.2, -0.15) is 0 Å². The summed E-state index contributed by atoms with van der Waals surface area (Å²) in [4.78, 5) is 14.6. The minimum absolute atomic E-state index is 0.161. The van der Waals surface area contributed by atoms with E-state index in [0.29, 0.717) is 24.4 Å². The number of nitrogens with one attached hydrogen (secondary N) is 1. The lowest BCUT2D eigenvalue weighted by Crippen LogP contribution is -2.26. The highest BCUT2D eigenvalue weighted by Crippen LogP contribution is 2.19. The SMILES string of the molecule is CCOc1ccc(CN(C)C(=O)c2cccc(NS(=O)(=O)c3ccccc3)c2)cc1. The Morgan fingerprint density at radius 2 is 1.67 bits per heavy atom. The lowest BCUT2D eigenvalue weighted by Gasteiger charge is -2.18. The van der Waals surface area contributed by atoms with E-state index in [0.717, 1.165) is 11.3 Å². The van der Waals surface area contributed by atoms with Crippen LogP contribution < -0.4 is 9.46 Å². The molecule has 0 aliphatic heterocycles. The van der Waals surface area contributed by atoms with Crippen LogP contribution in [0.25, 0.3) is 0 Å². The molecule has 3 rings (SSSR count). The smallest absolute Gasteiger partial charge is 0.261 e. The number of hydrogen-bond donors (Lipinski definition) is 1. The van der Waals surface area contributed by atoms with Crippen molar-refractivity contribution in [1.29, 1.82) is 0 Å². The minimum Gasteiger partial charge on any atom is -0.494 e. The number of amides is 1. The maximum Gasteiger partial charge on any atom is 0.261 e. The van der Waals surface area contributed by atoms with Crippen LogP contribution >= 0.6 is 0 Å². The summed E-state index contributed by atoms with van der Waals surface area (Å²) < 4.78 is 33.0. The summed E-state index contributed by atoms with van der Waals surface area (Å²) in [5.41, 5.74) is 1.70. The summed E-state index contributed by atoms with van der Waals surface area (Å²) >= 11 is 0. The number of benzene rings is 3. The van der Waals surface area contributed by atoms with Gasteiger partial charge in [-0.1, -0.05) is 36.4 Å². The number of anilines is 1. The molecular formula is C23H24N2O4S. The summed E-state index contributed by atoms with van der Waals surface area (Å²) in [7, 11) is -2.01. The fourth-order valence-electron chi connectivity index (χ4n) is 2.95. The van der Waals surface area contributed by atoms with E-state index in [4.69, 9.17) is 4.74 Å². The van der Waals surface area contributed by atoms with Gasteiger partial charge in [0.15, 0.2) is 0 Å². The van der Waals surface area contributed by atoms with Crippen LogP contribution in [0.1, 0.15) is 22.8 Å². The van der Waals surface area contributed by atoms with Crippen LogP contribution in [0.2, 0.25) is 0 Å². The van der Waals surface area contributed by atoms with Crippen molar-refractivity contribution in [1.82, 2.24) is 4.90 Å². The van der Waals surface area contributed by atoms with Crippen molar-refractivity contribution < 1.29 is 17.9 Å². The van der Waals surface area contributed by atoms with Crippen molar-refractivity contribution in [3.63, 3.8) is 0 Å². The van der Waals surface area contributed by atoms with Gasteiger partial charge in [0, 0.05) is 24.8 Å². The Bertz CT molecular complexity index is 1100. The number of carbonyl (C=O) groups is 1. The average molecular weight is 425 g/mol. The Morgan fingerprint density at radius 3 is 2.33 bits per heavy atom. The molecule has 7 heteroatoms. The maximum absolute atomic E-state index is 12.8. The van der Waals surface area contributed by atoms with Gasteiger partial charge in [0.1, 0.15) is 5.75 Å². The third-order valence-corrected chi connectivity index (χ3v) is 5.81. The molecule has 1 N–H and O–H groups in total. The first-order valence-electron chi connectivity index (χ1n) is 9.54. The fraction of sp³-hybridized carbons (Fsp3) is 0.174. The number of nitrogens with zero attached hydrogens (tertiary/aromatic N) is 1. The molecular weight excluding hydrogens is 400 g/mol. The molecule has 0 unspecified atom stereocenters. The van der Waals surface area contributed by atoms with E-state index in [2.05, 4.69) is 4.72 Å². The van der Waals surface area contributed by atoms with Gasteiger partial charge >= 0.3 is 0 Å². The highest BCUT2D eigenvalue weighted by Gasteiger charge is 2.16. The minimum atomic E-state index is -3.72. The molecule has 30 heavy (non-hydrogen) atoms. The van der Waals surface area contributed by atoms with Crippen molar-refractivity contribution in [2.24, 2.45) is 0 Å². The first-order valence-corrected chi connectivity index (χ1v) is 11.0. The number of carbonyl (C=O) groups excluding carboxylic acids is 1. The van der Waals surface area contributed by atoms with Crippen molar-refractivity contribution in [3.05, 3.63) is 90.0 Å². The summed E-state index contributed by atoms with van der Waals surface area (Å²) in [5.74, 6) is 0.582. The predicted molar refractivity (Wildman–Crippen MR) is 117 cm³/mol. The van der Waals surface area contributed by atoms with Gasteiger partial charge in [-0.05, 0) is 55.0 Å². The zero-order chi connectivity index (χ0) is 21.6. The first-order chi connectivity index (χ1) is 14.4. The molecule has 0 saturated heterocycles. The Labute approximate surface area is 177 Å². The third kappa shape index (κ3) is 5.39. The Morgan fingerprint density at radius 1 is 0.967 bits per heavy atom. The topological polar surface area (TPSA) is 75.7 Å². The lowest BCUT2D eigenvalue weighted by atomic mass is 10.1. The van der Waals surface area contributed by atoms with Gasteiger partial charge in [0.25, 0.3) is 15.9 Å². The molecule has 3 aromatic carbocycles. The van der Waals surface area contributed by atoms with Gasteiger partial charge < -0.3 is 9.64 Å². The van der Waals surface area contributed by atoms with Crippen molar-refractivity contribution >= 4 is 21.6 Å². The Hall–Kier alpha value is -3.32. The maximum atomic E-state index is 12.8. The van der Waals surface area contributed by atoms with Crippen LogP contribution in [0, 0.1) is 0 Å². The van der Waals surface area contributed by atoms with Gasteiger partial charge in [0.05, 0.1) is 11.5 Å². The Kier molecular flexibility index (Phi) is 6.74. The molecule has 0 saturated carbocycles. The summed E-state index contributed by atoms with van der Waals surface area (Å²) in [6.45, 7) is 2.95. The van der Waals surface area contributed by atoms with E-state index in [9.17, 15) is 13.2 Å². The quantitative estimate of drug-likeness (QED) is 0.589. The molecule has 0 radical (unpaired) electrons. The van der Waals surface area contributed by atoms with Gasteiger partial charge in [-0.25, -0.2) is 8.42 Å². The molecule has 0 aliphatic rings. The van der Waals surface area contributed by atoms with E-state index in [-0.39, 0.29) is 10.8 Å². The standard InChI is InChI=1S/C23H24N2O4S/c1-3-29-21-14-12-18(13-15-21)17-25(2)23(26)19-8-7-9-20(16-19)24-30(27,28)22-10-5-4-6-11-22/h4-16,24H,3,17H2,1-2H3. The van der Waals surface area contributed by atoms with E-state index in [1.807, 2.05) is 31.2 Å². The average Bonchev–Trinajstić information content (AvgIpc) is 2.75. The Balaban J connectivity index is 1.70. The second kappa shape index (κ2) is 9.45. The second-order valence-electron chi connectivity index (χ2n) is 6.74. The molecule has 156 valence electrons. The molecule has 0 heterocycles. The third-order valence-electron chi connectivity index (χ3n) is 4.42. The fourth-order valence-corrected chi connectivity index (χ4v) is 4.02. The zero-order valence-electron chi connectivity index (χ0n) is 16.9. The second-order valence-corrected chi connectivity index (χ2v) is 8.42. The summed E-state index contributed by atoms with van der Waals surface area (Å²) in [6, 6.07) is 22.1. The van der Waals surface area contributed by atoms with Crippen LogP contribution in [0.4, 0.5) is 5.69 Å². The van der Waals surface area contributed by atoms with Gasteiger partial charge in [-0.15, -0.1) is 0 Å². The number of hydrogen-bond acceptors (Lipinski definition) is 4. The van der Waals surface area contributed by atoms with E-state index >= 15 is 0 Å². The molecule has 6 nitrogen and oxygen atoms in total.